The number of nitrogens with two attached hydrogens (primary N) is 1. The predicted octanol–water partition coefficient (Wildman–Crippen LogP) is 2.61. The van der Waals surface area contributed by atoms with Crippen molar-refractivity contribution in [2.24, 2.45) is 5.14 Å². The van der Waals surface area contributed by atoms with Gasteiger partial charge < -0.3 is 0 Å². The average Bonchev–Trinajstić information content (AvgIpc) is 2.52. The Morgan fingerprint density at radius 2 is 1.72 bits per heavy atom. The lowest BCUT2D eigenvalue weighted by atomic mass is 10.2. The second-order valence-corrected chi connectivity index (χ2v) is 8.83. The monoisotopic (exact) mass is 402 g/mol. The highest BCUT2D eigenvalue weighted by atomic mass is 32.2. The maximum absolute atomic E-state index is 13.7. The SMILES string of the molecule is CSc1ccc(C=CS(=O)(=O)Nc2cccc(F)c2S(N)(=O)=O)cc1. The number of benzene rings is 2. The molecule has 0 atom stereocenters. The molecule has 3 N–H and O–H groups in total. The van der Waals surface area contributed by atoms with Gasteiger partial charge in [-0.05, 0) is 42.2 Å². The lowest BCUT2D eigenvalue weighted by Crippen LogP contribution is -2.19. The predicted molar refractivity (Wildman–Crippen MR) is 97.6 cm³/mol. The summed E-state index contributed by atoms with van der Waals surface area (Å²) < 4.78 is 63.0. The molecule has 0 aliphatic rings. The zero-order valence-corrected chi connectivity index (χ0v) is 15.5. The molecule has 0 amide bonds. The number of thioether (sulfide) groups is 1. The summed E-state index contributed by atoms with van der Waals surface area (Å²) in [5, 5.41) is 5.81. The lowest BCUT2D eigenvalue weighted by molar-refractivity contribution is 0.569. The fourth-order valence-corrected chi connectivity index (χ4v) is 4.07. The zero-order valence-electron chi connectivity index (χ0n) is 13.0. The molecule has 0 aliphatic heterocycles. The van der Waals surface area contributed by atoms with E-state index in [9.17, 15) is 21.2 Å². The van der Waals surface area contributed by atoms with E-state index in [0.29, 0.717) is 5.56 Å². The first kappa shape index (κ1) is 19.4. The van der Waals surface area contributed by atoms with Crippen molar-refractivity contribution in [1.82, 2.24) is 0 Å². The molecule has 2 aromatic carbocycles. The molecule has 25 heavy (non-hydrogen) atoms. The summed E-state index contributed by atoms with van der Waals surface area (Å²) in [6, 6.07) is 10.3. The summed E-state index contributed by atoms with van der Waals surface area (Å²) >= 11 is 1.55. The van der Waals surface area contributed by atoms with Crippen molar-refractivity contribution in [2.75, 3.05) is 11.0 Å². The number of sulfonamides is 2. The normalized spacial score (nSPS) is 12.4. The molecule has 0 bridgehead atoms. The van der Waals surface area contributed by atoms with Crippen molar-refractivity contribution in [3.63, 3.8) is 0 Å². The second kappa shape index (κ2) is 7.56. The highest BCUT2D eigenvalue weighted by molar-refractivity contribution is 7.98. The van der Waals surface area contributed by atoms with Crippen LogP contribution in [-0.2, 0) is 20.0 Å². The second-order valence-electron chi connectivity index (χ2n) is 4.88. The Labute approximate surface area is 150 Å². The standard InChI is InChI=1S/C15H15FN2O4S3/c1-23-12-7-5-11(6-8-12)9-10-24(19,20)18-14-4-2-3-13(16)15(14)25(17,21)22/h2-10,18H,1H3,(H2,17,21,22). The van der Waals surface area contributed by atoms with Crippen LogP contribution in [-0.4, -0.2) is 23.1 Å². The van der Waals surface area contributed by atoms with Crippen LogP contribution in [0.15, 0.2) is 57.7 Å². The van der Waals surface area contributed by atoms with Gasteiger partial charge in [0.25, 0.3) is 10.0 Å². The number of hydrogen-bond acceptors (Lipinski definition) is 5. The van der Waals surface area contributed by atoms with Gasteiger partial charge in [0.1, 0.15) is 10.7 Å². The van der Waals surface area contributed by atoms with Crippen LogP contribution in [0.25, 0.3) is 6.08 Å². The van der Waals surface area contributed by atoms with Crippen LogP contribution in [0.5, 0.6) is 0 Å². The van der Waals surface area contributed by atoms with Crippen LogP contribution in [0.3, 0.4) is 0 Å². The fourth-order valence-electron chi connectivity index (χ4n) is 1.95. The molecule has 0 saturated heterocycles. The first-order valence-electron chi connectivity index (χ1n) is 6.79. The Hall–Kier alpha value is -1.88. The quantitative estimate of drug-likeness (QED) is 0.723. The maximum Gasteiger partial charge on any atom is 0.255 e. The van der Waals surface area contributed by atoms with Crippen molar-refractivity contribution in [3.05, 3.63) is 59.3 Å². The first-order valence-corrected chi connectivity index (χ1v) is 11.1. The van der Waals surface area contributed by atoms with Crippen LogP contribution in [0.2, 0.25) is 0 Å². The summed E-state index contributed by atoms with van der Waals surface area (Å²) in [4.78, 5) is 0.118. The van der Waals surface area contributed by atoms with Crippen molar-refractivity contribution in [1.29, 1.82) is 0 Å². The van der Waals surface area contributed by atoms with E-state index in [1.54, 1.807) is 23.9 Å². The number of rotatable bonds is 6. The molecule has 0 fully saturated rings. The first-order chi connectivity index (χ1) is 11.6. The molecule has 0 aliphatic carbocycles. The molecule has 0 radical (unpaired) electrons. The molecule has 6 nitrogen and oxygen atoms in total. The molecule has 0 heterocycles. The van der Waals surface area contributed by atoms with Gasteiger partial charge in [0.15, 0.2) is 0 Å². The third kappa shape index (κ3) is 5.30. The summed E-state index contributed by atoms with van der Waals surface area (Å²) in [5.41, 5.74) is 0.180. The third-order valence-corrected chi connectivity index (χ3v) is 5.79. The number of hydrogen-bond donors (Lipinski definition) is 2. The average molecular weight is 402 g/mol. The summed E-state index contributed by atoms with van der Waals surface area (Å²) in [6.45, 7) is 0. The van der Waals surface area contributed by atoms with E-state index in [1.807, 2.05) is 23.1 Å². The molecule has 0 aromatic heterocycles. The van der Waals surface area contributed by atoms with E-state index in [1.165, 1.54) is 12.1 Å². The molecule has 0 unspecified atom stereocenters. The molecule has 2 rings (SSSR count). The van der Waals surface area contributed by atoms with Crippen molar-refractivity contribution >= 4 is 43.6 Å². The van der Waals surface area contributed by atoms with Crippen molar-refractivity contribution in [3.8, 4) is 0 Å². The van der Waals surface area contributed by atoms with Crippen LogP contribution in [0.4, 0.5) is 10.1 Å². The number of primary sulfonamides is 1. The van der Waals surface area contributed by atoms with Crippen LogP contribution < -0.4 is 9.86 Å². The van der Waals surface area contributed by atoms with Gasteiger partial charge in [0.05, 0.1) is 11.1 Å². The number of anilines is 1. The van der Waals surface area contributed by atoms with Gasteiger partial charge >= 0.3 is 0 Å². The van der Waals surface area contributed by atoms with Gasteiger partial charge in [0, 0.05) is 4.90 Å². The Morgan fingerprint density at radius 1 is 1.08 bits per heavy atom. The van der Waals surface area contributed by atoms with Crippen LogP contribution in [0.1, 0.15) is 5.56 Å². The van der Waals surface area contributed by atoms with E-state index < -0.39 is 36.4 Å². The lowest BCUT2D eigenvalue weighted by Gasteiger charge is -2.10. The molecule has 0 spiro atoms. The molecule has 0 saturated carbocycles. The van der Waals surface area contributed by atoms with E-state index in [0.717, 1.165) is 22.4 Å². The topological polar surface area (TPSA) is 106 Å². The molecule has 2 aromatic rings. The highest BCUT2D eigenvalue weighted by Crippen LogP contribution is 2.24. The van der Waals surface area contributed by atoms with E-state index in [2.05, 4.69) is 0 Å². The number of halogens is 1. The summed E-state index contributed by atoms with van der Waals surface area (Å²) in [6.07, 6.45) is 3.25. The largest absolute Gasteiger partial charge is 0.279 e. The van der Waals surface area contributed by atoms with Crippen molar-refractivity contribution < 1.29 is 21.2 Å². The van der Waals surface area contributed by atoms with Gasteiger partial charge in [-0.15, -0.1) is 11.8 Å². The van der Waals surface area contributed by atoms with Gasteiger partial charge in [-0.1, -0.05) is 18.2 Å². The van der Waals surface area contributed by atoms with E-state index in [4.69, 9.17) is 5.14 Å². The molecular formula is C15H15FN2O4S3. The Bertz CT molecular complexity index is 1000. The molecule has 134 valence electrons. The Kier molecular flexibility index (Phi) is 5.88. The third-order valence-electron chi connectivity index (χ3n) is 3.06. The zero-order chi connectivity index (χ0) is 18.7. The molecular weight excluding hydrogens is 387 g/mol. The van der Waals surface area contributed by atoms with Gasteiger partial charge in [-0.2, -0.15) is 0 Å². The minimum Gasteiger partial charge on any atom is -0.279 e. The van der Waals surface area contributed by atoms with E-state index >= 15 is 0 Å². The van der Waals surface area contributed by atoms with Gasteiger partial charge in [0.2, 0.25) is 10.0 Å². The summed E-state index contributed by atoms with van der Waals surface area (Å²) in [5.74, 6) is -1.14. The highest BCUT2D eigenvalue weighted by Gasteiger charge is 2.21. The van der Waals surface area contributed by atoms with E-state index in [-0.39, 0.29) is 0 Å². The van der Waals surface area contributed by atoms with Gasteiger partial charge in [-0.3, -0.25) is 4.72 Å². The number of nitrogens with one attached hydrogen (secondary N) is 1. The van der Waals surface area contributed by atoms with Crippen LogP contribution >= 0.6 is 11.8 Å². The minimum atomic E-state index is -4.44. The maximum atomic E-state index is 13.7. The van der Waals surface area contributed by atoms with Crippen LogP contribution in [0, 0.1) is 5.82 Å². The van der Waals surface area contributed by atoms with Gasteiger partial charge in [-0.25, -0.2) is 26.4 Å². The van der Waals surface area contributed by atoms with Crippen molar-refractivity contribution in [2.45, 2.75) is 9.79 Å². The fraction of sp³-hybridized carbons (Fsp3) is 0.0667. The Morgan fingerprint density at radius 3 is 2.28 bits per heavy atom. The smallest absolute Gasteiger partial charge is 0.255 e. The minimum absolute atomic E-state index is 0.454. The molecule has 10 heteroatoms. The Balaban J connectivity index is 2.30. The summed E-state index contributed by atoms with van der Waals surface area (Å²) in [7, 11) is -8.51.